The summed E-state index contributed by atoms with van der Waals surface area (Å²) in [5.74, 6) is -0.389. The second kappa shape index (κ2) is 7.28. The summed E-state index contributed by atoms with van der Waals surface area (Å²) < 4.78 is 44.1. The van der Waals surface area contributed by atoms with E-state index in [1.165, 1.54) is 31.4 Å². The first kappa shape index (κ1) is 19.0. The standard InChI is InChI=1S/C14H14ClF3N4O3/c1-25-11(19)7-22-13(24)21(6-10(23)14(16,17)18)12(20-22)8-2-4-9(15)5-3-8/h2-5,10,19,23H,6-7H2,1H3. The van der Waals surface area contributed by atoms with E-state index >= 15 is 0 Å². The number of alkyl halides is 3. The Hall–Kier alpha value is -2.33. The zero-order chi connectivity index (χ0) is 18.8. The zero-order valence-corrected chi connectivity index (χ0v) is 13.7. The molecule has 2 aromatic rings. The lowest BCUT2D eigenvalue weighted by molar-refractivity contribution is -0.207. The smallest absolute Gasteiger partial charge is 0.416 e. The van der Waals surface area contributed by atoms with Gasteiger partial charge in [0.1, 0.15) is 6.54 Å². The number of methoxy groups -OCH3 is 1. The molecule has 0 aliphatic carbocycles. The Kier molecular flexibility index (Phi) is 5.53. The van der Waals surface area contributed by atoms with E-state index in [0.717, 1.165) is 4.68 Å². The number of hydrogen-bond donors (Lipinski definition) is 2. The fourth-order valence-electron chi connectivity index (χ4n) is 2.00. The van der Waals surface area contributed by atoms with Gasteiger partial charge in [-0.15, -0.1) is 5.10 Å². The summed E-state index contributed by atoms with van der Waals surface area (Å²) >= 11 is 5.78. The van der Waals surface area contributed by atoms with Crippen LogP contribution in [0.15, 0.2) is 29.1 Å². The van der Waals surface area contributed by atoms with Crippen LogP contribution in [0.2, 0.25) is 5.02 Å². The van der Waals surface area contributed by atoms with Crippen LogP contribution in [0, 0.1) is 5.41 Å². The van der Waals surface area contributed by atoms with Crippen molar-refractivity contribution in [3.63, 3.8) is 0 Å². The van der Waals surface area contributed by atoms with Crippen LogP contribution in [-0.2, 0) is 17.8 Å². The molecule has 0 saturated heterocycles. The number of aliphatic hydroxyl groups excluding tert-OH is 1. The number of rotatable bonds is 5. The number of aliphatic hydroxyl groups is 1. The summed E-state index contributed by atoms with van der Waals surface area (Å²) in [5, 5.41) is 21.1. The summed E-state index contributed by atoms with van der Waals surface area (Å²) in [4.78, 5) is 12.4. The van der Waals surface area contributed by atoms with E-state index in [2.05, 4.69) is 9.84 Å². The van der Waals surface area contributed by atoms with Gasteiger partial charge in [-0.25, -0.2) is 9.48 Å². The molecule has 1 atom stereocenters. The Labute approximate surface area is 144 Å². The second-order valence-corrected chi connectivity index (χ2v) is 5.50. The van der Waals surface area contributed by atoms with Gasteiger partial charge in [0.25, 0.3) is 0 Å². The third kappa shape index (κ3) is 4.40. The van der Waals surface area contributed by atoms with Gasteiger partial charge in [-0.05, 0) is 24.3 Å². The van der Waals surface area contributed by atoms with Gasteiger partial charge in [0, 0.05) is 10.6 Å². The van der Waals surface area contributed by atoms with Crippen LogP contribution in [0.3, 0.4) is 0 Å². The molecule has 0 radical (unpaired) electrons. The summed E-state index contributed by atoms with van der Waals surface area (Å²) in [5.41, 5.74) is -0.575. The van der Waals surface area contributed by atoms with E-state index in [9.17, 15) is 23.1 Å². The van der Waals surface area contributed by atoms with E-state index in [-0.39, 0.29) is 18.3 Å². The Morgan fingerprint density at radius 2 is 2.00 bits per heavy atom. The second-order valence-electron chi connectivity index (χ2n) is 5.07. The number of aromatic nitrogens is 3. The molecule has 2 rings (SSSR count). The minimum Gasteiger partial charge on any atom is -0.483 e. The Morgan fingerprint density at radius 1 is 1.40 bits per heavy atom. The molecule has 0 aliphatic heterocycles. The van der Waals surface area contributed by atoms with E-state index in [1.807, 2.05) is 0 Å². The Bertz CT molecular complexity index is 814. The van der Waals surface area contributed by atoms with E-state index in [4.69, 9.17) is 17.0 Å². The topological polar surface area (TPSA) is 93.1 Å². The molecule has 0 aliphatic rings. The first-order valence-electron chi connectivity index (χ1n) is 6.93. The van der Waals surface area contributed by atoms with Gasteiger partial charge in [-0.1, -0.05) is 11.6 Å². The first-order chi connectivity index (χ1) is 11.6. The molecule has 0 bridgehead atoms. The molecular formula is C14H14ClF3N4O3. The summed E-state index contributed by atoms with van der Waals surface area (Å²) in [6, 6.07) is 5.93. The van der Waals surface area contributed by atoms with Crippen LogP contribution in [0.4, 0.5) is 13.2 Å². The minimum absolute atomic E-state index is 0.0890. The quantitative estimate of drug-likeness (QED) is 0.614. The van der Waals surface area contributed by atoms with Gasteiger partial charge in [0.05, 0.1) is 13.7 Å². The number of benzene rings is 1. The van der Waals surface area contributed by atoms with Crippen molar-refractivity contribution in [2.45, 2.75) is 25.4 Å². The van der Waals surface area contributed by atoms with E-state index in [1.54, 1.807) is 0 Å². The number of nitrogens with zero attached hydrogens (tertiary/aromatic N) is 3. The lowest BCUT2D eigenvalue weighted by Gasteiger charge is -2.15. The van der Waals surface area contributed by atoms with Crippen LogP contribution in [0.25, 0.3) is 11.4 Å². The number of hydrogen-bond acceptors (Lipinski definition) is 5. The van der Waals surface area contributed by atoms with Gasteiger partial charge in [-0.3, -0.25) is 9.98 Å². The monoisotopic (exact) mass is 378 g/mol. The van der Waals surface area contributed by atoms with E-state index < -0.39 is 24.5 Å². The molecule has 1 heterocycles. The SMILES string of the molecule is COC(=N)Cn1nc(-c2ccc(Cl)cc2)n(CC(O)C(F)(F)F)c1=O. The zero-order valence-electron chi connectivity index (χ0n) is 12.9. The Morgan fingerprint density at radius 3 is 2.52 bits per heavy atom. The molecular weight excluding hydrogens is 365 g/mol. The lowest BCUT2D eigenvalue weighted by Crippen LogP contribution is -2.37. The van der Waals surface area contributed by atoms with Gasteiger partial charge >= 0.3 is 11.9 Å². The molecule has 0 spiro atoms. The molecule has 0 amide bonds. The molecule has 0 fully saturated rings. The van der Waals surface area contributed by atoms with Crippen LogP contribution in [0.1, 0.15) is 0 Å². The van der Waals surface area contributed by atoms with Crippen molar-refractivity contribution in [3.05, 3.63) is 39.8 Å². The highest BCUT2D eigenvalue weighted by atomic mass is 35.5. The van der Waals surface area contributed by atoms with Crippen LogP contribution in [0.5, 0.6) is 0 Å². The molecule has 1 unspecified atom stereocenters. The summed E-state index contributed by atoms with van der Waals surface area (Å²) in [7, 11) is 1.22. The summed E-state index contributed by atoms with van der Waals surface area (Å²) in [6.07, 6.45) is -7.63. The fourth-order valence-corrected chi connectivity index (χ4v) is 2.12. The maximum absolute atomic E-state index is 12.7. The lowest BCUT2D eigenvalue weighted by atomic mass is 10.2. The van der Waals surface area contributed by atoms with Crippen LogP contribution < -0.4 is 5.69 Å². The molecule has 25 heavy (non-hydrogen) atoms. The molecule has 0 saturated carbocycles. The number of ether oxygens (including phenoxy) is 1. The molecule has 1 aromatic carbocycles. The van der Waals surface area contributed by atoms with Gasteiger partial charge in [0.15, 0.2) is 11.9 Å². The highest BCUT2D eigenvalue weighted by Crippen LogP contribution is 2.23. The maximum Gasteiger partial charge on any atom is 0.416 e. The predicted molar refractivity (Wildman–Crippen MR) is 83.7 cm³/mol. The molecule has 7 nitrogen and oxygen atoms in total. The van der Waals surface area contributed by atoms with Crippen molar-refractivity contribution < 1.29 is 23.0 Å². The highest BCUT2D eigenvalue weighted by molar-refractivity contribution is 6.30. The van der Waals surface area contributed by atoms with Gasteiger partial charge in [0.2, 0.25) is 5.90 Å². The van der Waals surface area contributed by atoms with Crippen molar-refractivity contribution in [2.75, 3.05) is 7.11 Å². The molecule has 1 aromatic heterocycles. The molecule has 136 valence electrons. The van der Waals surface area contributed by atoms with Gasteiger partial charge in [-0.2, -0.15) is 13.2 Å². The van der Waals surface area contributed by atoms with E-state index in [0.29, 0.717) is 15.2 Å². The number of nitrogens with one attached hydrogen (secondary N) is 1. The first-order valence-corrected chi connectivity index (χ1v) is 7.31. The van der Waals surface area contributed by atoms with Crippen molar-refractivity contribution in [1.82, 2.24) is 14.3 Å². The fraction of sp³-hybridized carbons (Fsp3) is 0.357. The maximum atomic E-state index is 12.7. The van der Waals surface area contributed by atoms with Crippen molar-refractivity contribution >= 4 is 17.5 Å². The van der Waals surface area contributed by atoms with Crippen molar-refractivity contribution in [1.29, 1.82) is 5.41 Å². The largest absolute Gasteiger partial charge is 0.483 e. The normalized spacial score (nSPS) is 12.9. The third-order valence-corrected chi connectivity index (χ3v) is 3.55. The number of halogens is 4. The van der Waals surface area contributed by atoms with Crippen molar-refractivity contribution in [2.24, 2.45) is 0 Å². The van der Waals surface area contributed by atoms with Crippen LogP contribution >= 0.6 is 11.6 Å². The average molecular weight is 379 g/mol. The summed E-state index contributed by atoms with van der Waals surface area (Å²) in [6.45, 7) is -1.38. The van der Waals surface area contributed by atoms with Crippen molar-refractivity contribution in [3.8, 4) is 11.4 Å². The predicted octanol–water partition coefficient (Wildman–Crippen LogP) is 1.91. The molecule has 11 heteroatoms. The average Bonchev–Trinajstić information content (AvgIpc) is 2.84. The third-order valence-electron chi connectivity index (χ3n) is 3.30. The highest BCUT2D eigenvalue weighted by Gasteiger charge is 2.39. The Balaban J connectivity index is 2.51. The van der Waals surface area contributed by atoms with Crippen LogP contribution in [-0.4, -0.2) is 44.7 Å². The minimum atomic E-state index is -4.89. The van der Waals surface area contributed by atoms with Gasteiger partial charge < -0.3 is 9.84 Å². The molecule has 2 N–H and O–H groups in total.